The molecule has 19 heavy (non-hydrogen) atoms. The zero-order chi connectivity index (χ0) is 14.0. The Bertz CT molecular complexity index is 552. The highest BCUT2D eigenvalue weighted by Crippen LogP contribution is 2.25. The molecule has 2 rings (SSSR count). The molecule has 0 aliphatic heterocycles. The van der Waals surface area contributed by atoms with Crippen LogP contribution >= 0.6 is 11.3 Å². The van der Waals surface area contributed by atoms with Gasteiger partial charge in [-0.2, -0.15) is 0 Å². The van der Waals surface area contributed by atoms with Crippen LogP contribution in [0.5, 0.6) is 0 Å². The molecule has 0 aliphatic carbocycles. The Morgan fingerprint density at radius 1 is 1.16 bits per heavy atom. The molecule has 0 atom stereocenters. The Morgan fingerprint density at radius 3 is 2.37 bits per heavy atom. The first-order valence-corrected chi connectivity index (χ1v) is 7.17. The van der Waals surface area contributed by atoms with Crippen LogP contribution in [-0.2, 0) is 6.54 Å². The number of thiazole rings is 1. The molecular weight excluding hydrogens is 256 g/mol. The highest BCUT2D eigenvalue weighted by molar-refractivity contribution is 7.15. The lowest BCUT2D eigenvalue weighted by atomic mass is 10.1. The average Bonchev–Trinajstić information content (AvgIpc) is 2.68. The van der Waals surface area contributed by atoms with E-state index < -0.39 is 0 Å². The lowest BCUT2D eigenvalue weighted by Crippen LogP contribution is -2.34. The summed E-state index contributed by atoms with van der Waals surface area (Å²) in [4.78, 5) is 14.5. The van der Waals surface area contributed by atoms with Crippen LogP contribution in [-0.4, -0.2) is 20.5 Å². The van der Waals surface area contributed by atoms with Gasteiger partial charge in [0.25, 0.3) is 0 Å². The number of nitrogens with zero attached hydrogens (tertiary/aromatic N) is 3. The predicted molar refractivity (Wildman–Crippen MR) is 79.2 cm³/mol. The number of hydrogen-bond acceptors (Lipinski definition) is 5. The van der Waals surface area contributed by atoms with Gasteiger partial charge in [0.2, 0.25) is 0 Å². The van der Waals surface area contributed by atoms with Crippen LogP contribution in [0, 0.1) is 13.8 Å². The quantitative estimate of drug-likeness (QED) is 0.936. The average molecular weight is 276 g/mol. The van der Waals surface area contributed by atoms with E-state index in [4.69, 9.17) is 0 Å². The van der Waals surface area contributed by atoms with E-state index in [1.165, 1.54) is 4.88 Å². The molecule has 0 saturated heterocycles. The van der Waals surface area contributed by atoms with Crippen LogP contribution in [0.25, 0.3) is 10.8 Å². The van der Waals surface area contributed by atoms with E-state index in [1.807, 2.05) is 26.2 Å². The fourth-order valence-electron chi connectivity index (χ4n) is 1.54. The van der Waals surface area contributed by atoms with E-state index in [1.54, 1.807) is 11.3 Å². The first-order valence-electron chi connectivity index (χ1n) is 6.35. The van der Waals surface area contributed by atoms with Gasteiger partial charge in [0.15, 0.2) is 10.8 Å². The van der Waals surface area contributed by atoms with Crippen LogP contribution in [0.4, 0.5) is 0 Å². The molecule has 0 radical (unpaired) electrons. The van der Waals surface area contributed by atoms with Gasteiger partial charge in [-0.1, -0.05) is 0 Å². The third kappa shape index (κ3) is 3.81. The number of aromatic nitrogens is 3. The maximum atomic E-state index is 4.56. The molecule has 2 heterocycles. The second-order valence-electron chi connectivity index (χ2n) is 5.72. The molecule has 0 bridgehead atoms. The molecule has 0 fully saturated rings. The number of rotatable bonds is 3. The fraction of sp³-hybridized carbons (Fsp3) is 0.500. The van der Waals surface area contributed by atoms with Gasteiger partial charge in [-0.25, -0.2) is 15.0 Å². The number of aryl methyl sites for hydroxylation is 2. The van der Waals surface area contributed by atoms with E-state index in [0.717, 1.165) is 22.8 Å². The lowest BCUT2D eigenvalue weighted by molar-refractivity contribution is 0.425. The largest absolute Gasteiger partial charge is 0.307 e. The van der Waals surface area contributed by atoms with Crippen molar-refractivity contribution in [2.75, 3.05) is 0 Å². The van der Waals surface area contributed by atoms with Crippen LogP contribution in [0.3, 0.4) is 0 Å². The van der Waals surface area contributed by atoms with E-state index in [2.05, 4.69) is 41.0 Å². The molecule has 0 amide bonds. The molecule has 0 aliphatic rings. The van der Waals surface area contributed by atoms with Crippen molar-refractivity contribution >= 4 is 11.3 Å². The number of nitrogens with one attached hydrogen (secondary N) is 1. The summed E-state index contributed by atoms with van der Waals surface area (Å²) in [5.74, 6) is 0.709. The zero-order valence-electron chi connectivity index (χ0n) is 12.1. The Morgan fingerprint density at radius 2 is 1.79 bits per heavy atom. The van der Waals surface area contributed by atoms with Crippen molar-refractivity contribution in [2.24, 2.45) is 0 Å². The Balaban J connectivity index is 2.19. The van der Waals surface area contributed by atoms with Crippen LogP contribution in [0.1, 0.15) is 36.9 Å². The Hall–Kier alpha value is -1.33. The summed E-state index contributed by atoms with van der Waals surface area (Å²) in [5, 5.41) is 4.37. The summed E-state index contributed by atoms with van der Waals surface area (Å²) in [7, 11) is 0. The van der Waals surface area contributed by atoms with E-state index in [0.29, 0.717) is 5.82 Å². The van der Waals surface area contributed by atoms with Gasteiger partial charge in [-0.15, -0.1) is 11.3 Å². The van der Waals surface area contributed by atoms with Crippen molar-refractivity contribution in [2.45, 2.75) is 46.7 Å². The predicted octanol–water partition coefficient (Wildman–Crippen LogP) is 3.11. The second kappa shape index (κ2) is 5.35. The van der Waals surface area contributed by atoms with Gasteiger partial charge in [-0.05, 0) is 40.2 Å². The van der Waals surface area contributed by atoms with E-state index in [9.17, 15) is 0 Å². The molecule has 0 aromatic carbocycles. The van der Waals surface area contributed by atoms with Gasteiger partial charge in [0.1, 0.15) is 0 Å². The first-order chi connectivity index (χ1) is 8.85. The first kappa shape index (κ1) is 14.1. The fourth-order valence-corrected chi connectivity index (χ4v) is 2.49. The standard InChI is InChI=1S/C14H20N4S/c1-9-6-15-12(16-7-9)13-18-10(2)11(19-13)8-17-14(3,4)5/h6-7,17H,8H2,1-5H3. The minimum Gasteiger partial charge on any atom is -0.307 e. The van der Waals surface area contributed by atoms with Gasteiger partial charge in [-0.3, -0.25) is 0 Å². The molecule has 0 unspecified atom stereocenters. The molecule has 2 aromatic heterocycles. The molecule has 5 heteroatoms. The molecule has 1 N–H and O–H groups in total. The van der Waals surface area contributed by atoms with Crippen molar-refractivity contribution in [3.8, 4) is 10.8 Å². The maximum Gasteiger partial charge on any atom is 0.188 e. The van der Waals surface area contributed by atoms with Crippen molar-refractivity contribution in [1.29, 1.82) is 0 Å². The van der Waals surface area contributed by atoms with Crippen molar-refractivity contribution < 1.29 is 0 Å². The van der Waals surface area contributed by atoms with Crippen molar-refractivity contribution in [3.63, 3.8) is 0 Å². The topological polar surface area (TPSA) is 50.7 Å². The van der Waals surface area contributed by atoms with Gasteiger partial charge in [0, 0.05) is 29.4 Å². The van der Waals surface area contributed by atoms with Crippen LogP contribution in [0.15, 0.2) is 12.4 Å². The third-order valence-electron chi connectivity index (χ3n) is 2.64. The van der Waals surface area contributed by atoms with Crippen molar-refractivity contribution in [3.05, 3.63) is 28.5 Å². The summed E-state index contributed by atoms with van der Waals surface area (Å²) >= 11 is 1.66. The normalized spacial score (nSPS) is 11.8. The highest BCUT2D eigenvalue weighted by atomic mass is 32.1. The highest BCUT2D eigenvalue weighted by Gasteiger charge is 2.14. The Labute approximate surface area is 118 Å². The second-order valence-corrected chi connectivity index (χ2v) is 6.80. The summed E-state index contributed by atoms with van der Waals surface area (Å²) in [5.41, 5.74) is 2.23. The Kier molecular flexibility index (Phi) is 3.96. The summed E-state index contributed by atoms with van der Waals surface area (Å²) in [6, 6.07) is 0. The van der Waals surface area contributed by atoms with Gasteiger partial charge < -0.3 is 5.32 Å². The monoisotopic (exact) mass is 276 g/mol. The minimum absolute atomic E-state index is 0.108. The molecule has 4 nitrogen and oxygen atoms in total. The summed E-state index contributed by atoms with van der Waals surface area (Å²) < 4.78 is 0. The SMILES string of the molecule is Cc1cnc(-c2nc(C)c(CNC(C)(C)C)s2)nc1. The minimum atomic E-state index is 0.108. The third-order valence-corrected chi connectivity index (χ3v) is 3.80. The summed E-state index contributed by atoms with van der Waals surface area (Å²) in [6.07, 6.45) is 3.65. The van der Waals surface area contributed by atoms with Crippen molar-refractivity contribution in [1.82, 2.24) is 20.3 Å². The van der Waals surface area contributed by atoms with Crippen LogP contribution < -0.4 is 5.32 Å². The van der Waals surface area contributed by atoms with Gasteiger partial charge >= 0.3 is 0 Å². The number of hydrogen-bond donors (Lipinski definition) is 1. The molecule has 0 saturated carbocycles. The maximum absolute atomic E-state index is 4.56. The van der Waals surface area contributed by atoms with Crippen LogP contribution in [0.2, 0.25) is 0 Å². The van der Waals surface area contributed by atoms with E-state index in [-0.39, 0.29) is 5.54 Å². The molecule has 102 valence electrons. The lowest BCUT2D eigenvalue weighted by Gasteiger charge is -2.19. The smallest absolute Gasteiger partial charge is 0.188 e. The molecule has 0 spiro atoms. The summed E-state index contributed by atoms with van der Waals surface area (Å²) in [6.45, 7) is 11.3. The molecule has 2 aromatic rings. The van der Waals surface area contributed by atoms with Gasteiger partial charge in [0.05, 0.1) is 5.69 Å². The molecular formula is C14H20N4S. The zero-order valence-corrected chi connectivity index (χ0v) is 12.9. The van der Waals surface area contributed by atoms with E-state index >= 15 is 0 Å².